The van der Waals surface area contributed by atoms with Crippen molar-refractivity contribution in [3.05, 3.63) is 60.2 Å². The summed E-state index contributed by atoms with van der Waals surface area (Å²) in [6, 6.07) is 13.8. The maximum atomic E-state index is 5.38. The molecule has 0 radical (unpaired) electrons. The summed E-state index contributed by atoms with van der Waals surface area (Å²) in [5, 5.41) is 4.08. The lowest BCUT2D eigenvalue weighted by Gasteiger charge is -2.00. The molecule has 0 unspecified atom stereocenters. The quantitative estimate of drug-likeness (QED) is 0.577. The van der Waals surface area contributed by atoms with Gasteiger partial charge in [-0.3, -0.25) is 0 Å². The summed E-state index contributed by atoms with van der Waals surface area (Å²) in [6.45, 7) is 0. The monoisotopic (exact) mass is 320 g/mol. The van der Waals surface area contributed by atoms with Crippen molar-refractivity contribution in [2.24, 2.45) is 7.05 Å². The van der Waals surface area contributed by atoms with Crippen molar-refractivity contribution >= 4 is 11.0 Å². The Kier molecular flexibility index (Phi) is 3.49. The van der Waals surface area contributed by atoms with E-state index in [9.17, 15) is 0 Å². The van der Waals surface area contributed by atoms with Gasteiger partial charge in [-0.15, -0.1) is 0 Å². The fourth-order valence-electron chi connectivity index (χ4n) is 2.64. The molecule has 2 heterocycles. The molecular weight excluding hydrogens is 304 g/mol. The number of ether oxygens (including phenoxy) is 1. The molecule has 0 spiro atoms. The van der Waals surface area contributed by atoms with E-state index in [4.69, 9.17) is 9.26 Å². The molecule has 0 saturated carbocycles. The van der Waals surface area contributed by atoms with E-state index in [1.54, 1.807) is 13.4 Å². The summed E-state index contributed by atoms with van der Waals surface area (Å²) in [5.74, 6) is 1.98. The predicted octanol–water partition coefficient (Wildman–Crippen LogP) is 3.22. The summed E-state index contributed by atoms with van der Waals surface area (Å²) in [5.41, 5.74) is 3.97. The Morgan fingerprint density at radius 3 is 2.75 bits per heavy atom. The first kappa shape index (κ1) is 14.4. The van der Waals surface area contributed by atoms with Crippen LogP contribution in [0.15, 0.2) is 53.3 Å². The third-order valence-corrected chi connectivity index (χ3v) is 3.97. The molecule has 0 aliphatic carbocycles. The van der Waals surface area contributed by atoms with Crippen LogP contribution >= 0.6 is 0 Å². The molecule has 0 aliphatic rings. The highest BCUT2D eigenvalue weighted by atomic mass is 16.5. The Balaban J connectivity index is 1.58. The van der Waals surface area contributed by atoms with E-state index < -0.39 is 0 Å². The van der Waals surface area contributed by atoms with Gasteiger partial charge >= 0.3 is 0 Å². The first-order valence-electron chi connectivity index (χ1n) is 7.60. The summed E-state index contributed by atoms with van der Waals surface area (Å²) < 4.78 is 12.5. The van der Waals surface area contributed by atoms with E-state index >= 15 is 0 Å². The van der Waals surface area contributed by atoms with Crippen LogP contribution in [0.3, 0.4) is 0 Å². The van der Waals surface area contributed by atoms with E-state index in [-0.39, 0.29) is 0 Å². The Hall–Kier alpha value is -3.15. The maximum Gasteiger partial charge on any atom is 0.231 e. The predicted molar refractivity (Wildman–Crippen MR) is 89.8 cm³/mol. The van der Waals surface area contributed by atoms with Gasteiger partial charge in [0, 0.05) is 12.6 Å². The van der Waals surface area contributed by atoms with Gasteiger partial charge in [0.1, 0.15) is 5.75 Å². The fraction of sp³-hybridized carbons (Fsp3) is 0.167. The van der Waals surface area contributed by atoms with Crippen LogP contribution < -0.4 is 4.74 Å². The number of hydrogen-bond donors (Lipinski definition) is 0. The van der Waals surface area contributed by atoms with Crippen LogP contribution in [0.2, 0.25) is 0 Å². The van der Waals surface area contributed by atoms with Crippen molar-refractivity contribution in [1.29, 1.82) is 0 Å². The minimum absolute atomic E-state index is 0.575. The van der Waals surface area contributed by atoms with E-state index in [2.05, 4.69) is 15.1 Å². The molecule has 0 N–H and O–H groups in total. The molecule has 120 valence electrons. The first-order chi connectivity index (χ1) is 11.7. The number of imidazole rings is 1. The summed E-state index contributed by atoms with van der Waals surface area (Å²) in [4.78, 5) is 8.85. The van der Waals surface area contributed by atoms with Crippen molar-refractivity contribution in [3.63, 3.8) is 0 Å². The van der Waals surface area contributed by atoms with Crippen molar-refractivity contribution in [3.8, 4) is 17.1 Å². The lowest BCUT2D eigenvalue weighted by atomic mass is 10.1. The van der Waals surface area contributed by atoms with Crippen LogP contribution in [0, 0.1) is 0 Å². The van der Waals surface area contributed by atoms with Crippen LogP contribution in [0.4, 0.5) is 0 Å². The van der Waals surface area contributed by atoms with Gasteiger partial charge in [-0.2, -0.15) is 4.98 Å². The maximum absolute atomic E-state index is 5.38. The molecule has 0 saturated heterocycles. The molecular formula is C18H16N4O2. The van der Waals surface area contributed by atoms with E-state index in [1.807, 2.05) is 54.1 Å². The second kappa shape index (κ2) is 5.81. The molecule has 0 bridgehead atoms. The molecule has 2 aromatic carbocycles. The number of nitrogens with zero attached hydrogens (tertiary/aromatic N) is 4. The van der Waals surface area contributed by atoms with Crippen molar-refractivity contribution < 1.29 is 9.26 Å². The van der Waals surface area contributed by atoms with Crippen LogP contribution in [-0.2, 0) is 13.5 Å². The number of hydrogen-bond acceptors (Lipinski definition) is 5. The Labute approximate surface area is 138 Å². The molecule has 4 aromatic rings. The second-order valence-corrected chi connectivity index (χ2v) is 5.60. The Morgan fingerprint density at radius 1 is 1.12 bits per heavy atom. The lowest BCUT2D eigenvalue weighted by molar-refractivity contribution is 0.385. The zero-order valence-electron chi connectivity index (χ0n) is 13.4. The van der Waals surface area contributed by atoms with Gasteiger partial charge in [0.2, 0.25) is 11.7 Å². The van der Waals surface area contributed by atoms with Gasteiger partial charge in [0.25, 0.3) is 0 Å². The van der Waals surface area contributed by atoms with Gasteiger partial charge in [0.15, 0.2) is 0 Å². The lowest BCUT2D eigenvalue weighted by Crippen LogP contribution is -1.90. The van der Waals surface area contributed by atoms with Crippen LogP contribution in [0.25, 0.3) is 22.4 Å². The van der Waals surface area contributed by atoms with Gasteiger partial charge in [-0.25, -0.2) is 4.98 Å². The number of aryl methyl sites for hydroxylation is 1. The molecule has 24 heavy (non-hydrogen) atoms. The molecule has 0 amide bonds. The smallest absolute Gasteiger partial charge is 0.231 e. The van der Waals surface area contributed by atoms with Gasteiger partial charge in [-0.05, 0) is 35.9 Å². The fourth-order valence-corrected chi connectivity index (χ4v) is 2.64. The molecule has 6 heteroatoms. The third-order valence-electron chi connectivity index (χ3n) is 3.97. The number of methoxy groups -OCH3 is 1. The summed E-state index contributed by atoms with van der Waals surface area (Å²) in [7, 11) is 3.62. The highest BCUT2D eigenvalue weighted by Crippen LogP contribution is 2.22. The van der Waals surface area contributed by atoms with Crippen molar-refractivity contribution in [2.75, 3.05) is 7.11 Å². The molecule has 0 atom stereocenters. The SMILES string of the molecule is COc1ccc(Cc2nc(-c3ccc4c(c3)ncn4C)no2)cc1. The third kappa shape index (κ3) is 2.62. The summed E-state index contributed by atoms with van der Waals surface area (Å²) >= 11 is 0. The Morgan fingerprint density at radius 2 is 1.96 bits per heavy atom. The van der Waals surface area contributed by atoms with Crippen LogP contribution in [0.1, 0.15) is 11.5 Å². The highest BCUT2D eigenvalue weighted by Gasteiger charge is 2.11. The second-order valence-electron chi connectivity index (χ2n) is 5.60. The molecule has 4 rings (SSSR count). The number of fused-ring (bicyclic) bond motifs is 1. The zero-order valence-corrected chi connectivity index (χ0v) is 13.4. The molecule has 2 aromatic heterocycles. The standard InChI is InChI=1S/C18H16N4O2/c1-22-11-19-15-10-13(5-8-16(15)22)18-20-17(24-21-18)9-12-3-6-14(23-2)7-4-12/h3-8,10-11H,9H2,1-2H3. The van der Waals surface area contributed by atoms with Gasteiger partial charge in [0.05, 0.1) is 30.9 Å². The minimum Gasteiger partial charge on any atom is -0.497 e. The van der Waals surface area contributed by atoms with Crippen molar-refractivity contribution in [1.82, 2.24) is 19.7 Å². The molecule has 0 aliphatic heterocycles. The van der Waals surface area contributed by atoms with Crippen LogP contribution in [0.5, 0.6) is 5.75 Å². The number of benzene rings is 2. The van der Waals surface area contributed by atoms with E-state index in [1.165, 1.54) is 0 Å². The van der Waals surface area contributed by atoms with Gasteiger partial charge in [-0.1, -0.05) is 17.3 Å². The molecule has 6 nitrogen and oxygen atoms in total. The minimum atomic E-state index is 0.575. The largest absolute Gasteiger partial charge is 0.497 e. The van der Waals surface area contributed by atoms with Crippen LogP contribution in [-0.4, -0.2) is 26.8 Å². The topological polar surface area (TPSA) is 66.0 Å². The summed E-state index contributed by atoms with van der Waals surface area (Å²) in [6.07, 6.45) is 2.38. The molecule has 0 fully saturated rings. The van der Waals surface area contributed by atoms with E-state index in [0.29, 0.717) is 18.1 Å². The number of rotatable bonds is 4. The Bertz CT molecular complexity index is 986. The normalized spacial score (nSPS) is 11.1. The average molecular weight is 320 g/mol. The van der Waals surface area contributed by atoms with Gasteiger partial charge < -0.3 is 13.8 Å². The average Bonchev–Trinajstić information content (AvgIpc) is 3.22. The van der Waals surface area contributed by atoms with Crippen molar-refractivity contribution in [2.45, 2.75) is 6.42 Å². The zero-order chi connectivity index (χ0) is 16.5. The van der Waals surface area contributed by atoms with E-state index in [0.717, 1.165) is 27.9 Å². The number of aromatic nitrogens is 4. The highest BCUT2D eigenvalue weighted by molar-refractivity contribution is 5.80. The first-order valence-corrected chi connectivity index (χ1v) is 7.60.